The van der Waals surface area contributed by atoms with Crippen molar-refractivity contribution in [3.8, 4) is 16.9 Å². The second-order valence-electron chi connectivity index (χ2n) is 4.21. The van der Waals surface area contributed by atoms with Crippen molar-refractivity contribution in [3.05, 3.63) is 65.2 Å². The van der Waals surface area contributed by atoms with Crippen LogP contribution in [0.25, 0.3) is 21.9 Å². The molecule has 0 bridgehead atoms. The van der Waals surface area contributed by atoms with Gasteiger partial charge in [-0.25, -0.2) is 4.79 Å². The van der Waals surface area contributed by atoms with Crippen LogP contribution in [-0.4, -0.2) is 7.11 Å². The molecule has 0 aliphatic carbocycles. The Morgan fingerprint density at radius 1 is 1.00 bits per heavy atom. The van der Waals surface area contributed by atoms with Gasteiger partial charge in [-0.15, -0.1) is 0 Å². The van der Waals surface area contributed by atoms with E-state index < -0.39 is 0 Å². The molecule has 0 aliphatic heterocycles. The number of hydrogen-bond acceptors (Lipinski definition) is 3. The molecular weight excluding hydrogens is 240 g/mol. The van der Waals surface area contributed by atoms with Crippen molar-refractivity contribution in [2.75, 3.05) is 7.11 Å². The van der Waals surface area contributed by atoms with Gasteiger partial charge in [0.2, 0.25) is 0 Å². The van der Waals surface area contributed by atoms with Crippen LogP contribution in [0.15, 0.2) is 64.0 Å². The maximum atomic E-state index is 11.8. The molecule has 0 saturated carbocycles. The second-order valence-corrected chi connectivity index (χ2v) is 4.21. The molecule has 1 heterocycles. The Balaban J connectivity index is 2.36. The summed E-state index contributed by atoms with van der Waals surface area (Å²) in [6, 6.07) is 15.2. The lowest BCUT2D eigenvalue weighted by Crippen LogP contribution is -2.00. The van der Waals surface area contributed by atoms with E-state index in [-0.39, 0.29) is 5.63 Å². The van der Waals surface area contributed by atoms with E-state index in [0.29, 0.717) is 5.39 Å². The molecule has 3 nitrogen and oxygen atoms in total. The molecule has 3 heteroatoms. The molecule has 0 spiro atoms. The van der Waals surface area contributed by atoms with Crippen LogP contribution in [0.5, 0.6) is 5.75 Å². The van der Waals surface area contributed by atoms with Crippen LogP contribution < -0.4 is 10.4 Å². The third kappa shape index (κ3) is 1.99. The van der Waals surface area contributed by atoms with E-state index in [1.807, 2.05) is 36.4 Å². The van der Waals surface area contributed by atoms with Crippen molar-refractivity contribution in [2.24, 2.45) is 0 Å². The van der Waals surface area contributed by atoms with Gasteiger partial charge in [-0.3, -0.25) is 0 Å². The van der Waals surface area contributed by atoms with E-state index in [0.717, 1.165) is 22.3 Å². The summed E-state index contributed by atoms with van der Waals surface area (Å²) in [7, 11) is 1.61. The Morgan fingerprint density at radius 3 is 2.53 bits per heavy atom. The normalized spacial score (nSPS) is 10.6. The summed E-state index contributed by atoms with van der Waals surface area (Å²) in [6.45, 7) is 0. The molecule has 0 N–H and O–H groups in total. The average Bonchev–Trinajstić information content (AvgIpc) is 2.48. The third-order valence-corrected chi connectivity index (χ3v) is 3.11. The predicted octanol–water partition coefficient (Wildman–Crippen LogP) is 3.47. The highest BCUT2D eigenvalue weighted by atomic mass is 16.5. The van der Waals surface area contributed by atoms with Gasteiger partial charge in [0.1, 0.15) is 12.0 Å². The van der Waals surface area contributed by atoms with Gasteiger partial charge < -0.3 is 9.15 Å². The van der Waals surface area contributed by atoms with E-state index in [1.165, 1.54) is 6.26 Å². The highest BCUT2D eigenvalue weighted by molar-refractivity contribution is 5.96. The molecule has 0 saturated heterocycles. The predicted molar refractivity (Wildman–Crippen MR) is 74.5 cm³/mol. The Kier molecular flexibility index (Phi) is 2.80. The smallest absolute Gasteiger partial charge is 0.343 e. The van der Waals surface area contributed by atoms with Gasteiger partial charge in [0, 0.05) is 10.9 Å². The van der Waals surface area contributed by atoms with Crippen molar-refractivity contribution >= 4 is 10.8 Å². The van der Waals surface area contributed by atoms with E-state index in [9.17, 15) is 4.79 Å². The molecular formula is C16H12O3. The van der Waals surface area contributed by atoms with Gasteiger partial charge in [0.05, 0.1) is 12.5 Å². The number of ether oxygens (including phenoxy) is 1. The van der Waals surface area contributed by atoms with Crippen molar-refractivity contribution < 1.29 is 9.15 Å². The first-order valence-electron chi connectivity index (χ1n) is 5.94. The molecule has 3 aromatic rings. The minimum Gasteiger partial charge on any atom is -0.497 e. The SMILES string of the molecule is COc1ccc2c(=O)occ(-c3ccccc3)c2c1. The summed E-state index contributed by atoms with van der Waals surface area (Å²) in [4.78, 5) is 11.8. The van der Waals surface area contributed by atoms with Gasteiger partial charge in [0.15, 0.2) is 0 Å². The van der Waals surface area contributed by atoms with Crippen molar-refractivity contribution in [1.82, 2.24) is 0 Å². The monoisotopic (exact) mass is 252 g/mol. The number of methoxy groups -OCH3 is 1. The fourth-order valence-corrected chi connectivity index (χ4v) is 2.13. The fraction of sp³-hybridized carbons (Fsp3) is 0.0625. The van der Waals surface area contributed by atoms with E-state index >= 15 is 0 Å². The lowest BCUT2D eigenvalue weighted by atomic mass is 10.0. The topological polar surface area (TPSA) is 39.4 Å². The minimum absolute atomic E-state index is 0.336. The molecule has 0 fully saturated rings. The van der Waals surface area contributed by atoms with E-state index in [1.54, 1.807) is 19.2 Å². The minimum atomic E-state index is -0.336. The highest BCUT2D eigenvalue weighted by Crippen LogP contribution is 2.29. The molecule has 0 aliphatic rings. The van der Waals surface area contributed by atoms with Crippen LogP contribution in [0.4, 0.5) is 0 Å². The third-order valence-electron chi connectivity index (χ3n) is 3.11. The zero-order valence-electron chi connectivity index (χ0n) is 10.4. The molecule has 3 rings (SSSR count). The first kappa shape index (κ1) is 11.5. The lowest BCUT2D eigenvalue weighted by molar-refractivity contribution is 0.415. The van der Waals surface area contributed by atoms with Gasteiger partial charge in [0.25, 0.3) is 0 Å². The summed E-state index contributed by atoms with van der Waals surface area (Å²) in [6.07, 6.45) is 1.50. The van der Waals surface area contributed by atoms with Crippen molar-refractivity contribution in [1.29, 1.82) is 0 Å². The molecule has 19 heavy (non-hydrogen) atoms. The summed E-state index contributed by atoms with van der Waals surface area (Å²) in [5, 5.41) is 1.39. The summed E-state index contributed by atoms with van der Waals surface area (Å²) >= 11 is 0. The zero-order valence-corrected chi connectivity index (χ0v) is 10.4. The van der Waals surface area contributed by atoms with Gasteiger partial charge in [-0.05, 0) is 23.8 Å². The van der Waals surface area contributed by atoms with Crippen LogP contribution in [-0.2, 0) is 0 Å². The van der Waals surface area contributed by atoms with Gasteiger partial charge >= 0.3 is 5.63 Å². The van der Waals surface area contributed by atoms with E-state index in [4.69, 9.17) is 9.15 Å². The fourth-order valence-electron chi connectivity index (χ4n) is 2.13. The second kappa shape index (κ2) is 4.61. The maximum Gasteiger partial charge on any atom is 0.343 e. The van der Waals surface area contributed by atoms with Gasteiger partial charge in [-0.2, -0.15) is 0 Å². The Morgan fingerprint density at radius 2 is 1.79 bits per heavy atom. The van der Waals surface area contributed by atoms with Crippen LogP contribution in [0.2, 0.25) is 0 Å². The van der Waals surface area contributed by atoms with E-state index in [2.05, 4.69) is 0 Å². The molecule has 0 radical (unpaired) electrons. The summed E-state index contributed by atoms with van der Waals surface area (Å²) in [5.74, 6) is 0.718. The Labute approximate surface area is 110 Å². The number of benzene rings is 2. The number of rotatable bonds is 2. The van der Waals surface area contributed by atoms with Crippen LogP contribution in [0.1, 0.15) is 0 Å². The van der Waals surface area contributed by atoms with Crippen LogP contribution >= 0.6 is 0 Å². The molecule has 0 unspecified atom stereocenters. The quantitative estimate of drug-likeness (QED) is 0.701. The first-order valence-corrected chi connectivity index (χ1v) is 5.94. The Hall–Kier alpha value is -2.55. The highest BCUT2D eigenvalue weighted by Gasteiger charge is 2.09. The number of hydrogen-bond donors (Lipinski definition) is 0. The Bertz CT molecular complexity index is 773. The molecule has 0 amide bonds. The largest absolute Gasteiger partial charge is 0.497 e. The standard InChI is InChI=1S/C16H12O3/c1-18-12-7-8-13-14(9-12)15(10-19-16(13)17)11-5-3-2-4-6-11/h2-10H,1H3. The van der Waals surface area contributed by atoms with Crippen LogP contribution in [0, 0.1) is 0 Å². The molecule has 0 atom stereocenters. The van der Waals surface area contributed by atoms with Crippen molar-refractivity contribution in [3.63, 3.8) is 0 Å². The summed E-state index contributed by atoms with van der Waals surface area (Å²) < 4.78 is 10.3. The number of fused-ring (bicyclic) bond motifs is 1. The lowest BCUT2D eigenvalue weighted by Gasteiger charge is -2.07. The molecule has 2 aromatic carbocycles. The maximum absolute atomic E-state index is 11.8. The molecule has 94 valence electrons. The average molecular weight is 252 g/mol. The van der Waals surface area contributed by atoms with Gasteiger partial charge in [-0.1, -0.05) is 30.3 Å². The van der Waals surface area contributed by atoms with Crippen LogP contribution in [0.3, 0.4) is 0 Å². The summed E-state index contributed by atoms with van der Waals surface area (Å²) in [5.41, 5.74) is 1.55. The zero-order chi connectivity index (χ0) is 13.2. The van der Waals surface area contributed by atoms with Crippen molar-refractivity contribution in [2.45, 2.75) is 0 Å². The molecule has 1 aromatic heterocycles. The first-order chi connectivity index (χ1) is 9.29.